The molecule has 2 aliphatic rings. The number of fused-ring (bicyclic) bond motifs is 1. The first-order chi connectivity index (χ1) is 25.5. The highest BCUT2D eigenvalue weighted by Crippen LogP contribution is 2.42. The van der Waals surface area contributed by atoms with Crippen LogP contribution >= 0.6 is 0 Å². The number of quaternary nitrogens is 2. The van der Waals surface area contributed by atoms with Crippen LogP contribution in [0.15, 0.2) is 66.7 Å². The fourth-order valence-corrected chi connectivity index (χ4v) is 7.94. The normalized spacial score (nSPS) is 22.2. The quantitative estimate of drug-likeness (QED) is 0.0748. The summed E-state index contributed by atoms with van der Waals surface area (Å²) in [4.78, 5) is 25.1. The first kappa shape index (κ1) is 39.5. The van der Waals surface area contributed by atoms with Crippen molar-refractivity contribution in [3.63, 3.8) is 0 Å². The Morgan fingerprint density at radius 1 is 0.736 bits per heavy atom. The summed E-state index contributed by atoms with van der Waals surface area (Å²) in [7, 11) is 12.8. The molecule has 0 radical (unpaired) electrons. The first-order valence-corrected chi connectivity index (χ1v) is 18.3. The predicted molar refractivity (Wildman–Crippen MR) is 202 cm³/mol. The van der Waals surface area contributed by atoms with Gasteiger partial charge in [0, 0.05) is 54.9 Å². The van der Waals surface area contributed by atoms with Crippen LogP contribution in [-0.2, 0) is 38.4 Å². The zero-order valence-corrected chi connectivity index (χ0v) is 32.4. The van der Waals surface area contributed by atoms with Crippen molar-refractivity contribution in [2.45, 2.75) is 38.3 Å². The van der Waals surface area contributed by atoms with Crippen molar-refractivity contribution in [1.82, 2.24) is 0 Å². The number of hydrogen-bond acceptors (Lipinski definition) is 9. The van der Waals surface area contributed by atoms with Crippen molar-refractivity contribution in [3.05, 3.63) is 89.0 Å². The monoisotopic (exact) mass is 732 g/mol. The highest BCUT2D eigenvalue weighted by molar-refractivity contribution is 5.91. The molecule has 4 unspecified atom stereocenters. The zero-order chi connectivity index (χ0) is 38.0. The largest absolute Gasteiger partial charge is 0.497 e. The van der Waals surface area contributed by atoms with Gasteiger partial charge in [0.1, 0.15) is 24.9 Å². The van der Waals surface area contributed by atoms with Crippen LogP contribution in [0.2, 0.25) is 0 Å². The number of methoxy groups -OCH3 is 5. The summed E-state index contributed by atoms with van der Waals surface area (Å²) in [5, 5.41) is 0. The van der Waals surface area contributed by atoms with Crippen molar-refractivity contribution in [2.24, 2.45) is 5.92 Å². The van der Waals surface area contributed by atoms with Gasteiger partial charge in [-0.15, -0.1) is 0 Å². The number of esters is 2. The topological polar surface area (TPSA) is 98.8 Å². The number of carbonyl (C=O) groups is 2. The molecule has 4 atom stereocenters. The van der Waals surface area contributed by atoms with E-state index in [0.29, 0.717) is 30.3 Å². The van der Waals surface area contributed by atoms with Gasteiger partial charge in [-0.3, -0.25) is 0 Å². The Labute approximate surface area is 314 Å². The third-order valence-corrected chi connectivity index (χ3v) is 10.9. The molecule has 53 heavy (non-hydrogen) atoms. The molecular weight excluding hydrogens is 676 g/mol. The van der Waals surface area contributed by atoms with Gasteiger partial charge in [0.25, 0.3) is 0 Å². The molecule has 0 amide bonds. The Balaban J connectivity index is 1.10. The number of carbonyl (C=O) groups excluding carboxylic acids is 2. The molecular formula is C42H56N2O9+2. The number of benzene rings is 3. The van der Waals surface area contributed by atoms with E-state index >= 15 is 0 Å². The Morgan fingerprint density at radius 3 is 2.06 bits per heavy atom. The number of ether oxygens (including phenoxy) is 7. The molecule has 2 aliphatic heterocycles. The summed E-state index contributed by atoms with van der Waals surface area (Å²) in [5.41, 5.74) is 4.87. The van der Waals surface area contributed by atoms with E-state index in [9.17, 15) is 9.59 Å². The summed E-state index contributed by atoms with van der Waals surface area (Å²) in [5.74, 6) is 2.84. The van der Waals surface area contributed by atoms with E-state index < -0.39 is 11.9 Å². The number of nitrogens with zero attached hydrogens (tertiary/aromatic N) is 2. The van der Waals surface area contributed by atoms with Crippen LogP contribution in [0.3, 0.4) is 0 Å². The van der Waals surface area contributed by atoms with E-state index in [-0.39, 0.29) is 18.6 Å². The maximum atomic E-state index is 12.6. The van der Waals surface area contributed by atoms with Crippen molar-refractivity contribution >= 4 is 11.9 Å². The molecule has 2 heterocycles. The van der Waals surface area contributed by atoms with Gasteiger partial charge in [-0.25, -0.2) is 9.59 Å². The lowest BCUT2D eigenvalue weighted by Crippen LogP contribution is -2.52. The average Bonchev–Trinajstić information content (AvgIpc) is 3.55. The molecule has 1 fully saturated rings. The number of likely N-dealkylation sites (N-methyl/N-ethyl adjacent to an activating group) is 1. The van der Waals surface area contributed by atoms with Crippen LogP contribution in [0, 0.1) is 5.92 Å². The van der Waals surface area contributed by atoms with E-state index in [1.54, 1.807) is 35.5 Å². The summed E-state index contributed by atoms with van der Waals surface area (Å²) in [6.07, 6.45) is 5.67. The molecule has 3 aromatic rings. The molecule has 0 saturated carbocycles. The Morgan fingerprint density at radius 2 is 1.38 bits per heavy atom. The minimum Gasteiger partial charge on any atom is -0.497 e. The van der Waals surface area contributed by atoms with Gasteiger partial charge in [0.2, 0.25) is 0 Å². The third kappa shape index (κ3) is 10.0. The van der Waals surface area contributed by atoms with Crippen LogP contribution in [0.25, 0.3) is 0 Å². The van der Waals surface area contributed by atoms with Gasteiger partial charge in [0.05, 0.1) is 82.4 Å². The van der Waals surface area contributed by atoms with E-state index in [1.165, 1.54) is 16.7 Å². The standard InChI is InChI=1S/C42H56N2O9/c1-43(27-31-11-14-37(48-4)38(24-31)49-5)20-17-32(28-43)29-53-42(46)16-15-41(45)52-22-8-19-44(2)21-18-33-25-39(50-6)40(51-7)26-35(33)36(44)23-30-9-12-34(47-3)13-10-30/h9-16,24-26,32,36H,8,17-23,27-29H2,1-7H3/q+2. The van der Waals surface area contributed by atoms with Gasteiger partial charge in [-0.05, 0) is 53.6 Å². The Bertz CT molecular complexity index is 1740. The molecule has 11 nitrogen and oxygen atoms in total. The molecule has 0 aliphatic carbocycles. The minimum atomic E-state index is -0.555. The second-order valence-electron chi connectivity index (χ2n) is 14.7. The predicted octanol–water partition coefficient (Wildman–Crippen LogP) is 5.72. The SMILES string of the molecule is COc1ccc(CC2c3cc(OC)c(OC)cc3CC[N+]2(C)CCCOC(=O)C=CC(=O)OCC2CC[N+](C)(Cc3ccc(OC)c(OC)c3)C2)cc1. The molecule has 0 bridgehead atoms. The van der Waals surface area contributed by atoms with Crippen LogP contribution in [-0.4, -0.2) is 110 Å². The molecule has 1 saturated heterocycles. The second-order valence-corrected chi connectivity index (χ2v) is 14.7. The van der Waals surface area contributed by atoms with Crippen LogP contribution < -0.4 is 23.7 Å². The Hall–Kier alpha value is -4.74. The molecule has 5 rings (SSSR count). The van der Waals surface area contributed by atoms with E-state index in [2.05, 4.69) is 44.4 Å². The van der Waals surface area contributed by atoms with Gasteiger partial charge in [-0.1, -0.05) is 12.1 Å². The third-order valence-electron chi connectivity index (χ3n) is 10.9. The van der Waals surface area contributed by atoms with E-state index in [1.807, 2.05) is 24.3 Å². The first-order valence-electron chi connectivity index (χ1n) is 18.3. The molecule has 0 spiro atoms. The molecule has 0 aromatic heterocycles. The maximum Gasteiger partial charge on any atom is 0.331 e. The summed E-state index contributed by atoms with van der Waals surface area (Å²) >= 11 is 0. The second kappa shape index (κ2) is 17.9. The number of likely N-dealkylation sites (tertiary alicyclic amines) is 1. The van der Waals surface area contributed by atoms with Crippen LogP contribution in [0.5, 0.6) is 28.7 Å². The van der Waals surface area contributed by atoms with Crippen molar-refractivity contribution < 1.29 is 51.7 Å². The Kier molecular flexibility index (Phi) is 13.3. The highest BCUT2D eigenvalue weighted by Gasteiger charge is 2.40. The van der Waals surface area contributed by atoms with Gasteiger partial charge < -0.3 is 42.1 Å². The van der Waals surface area contributed by atoms with E-state index in [4.69, 9.17) is 33.2 Å². The van der Waals surface area contributed by atoms with Crippen molar-refractivity contribution in [3.8, 4) is 28.7 Å². The molecule has 286 valence electrons. The number of hydrogen-bond donors (Lipinski definition) is 0. The average molecular weight is 733 g/mol. The fraction of sp³-hybridized carbons (Fsp3) is 0.476. The smallest absolute Gasteiger partial charge is 0.331 e. The van der Waals surface area contributed by atoms with Gasteiger partial charge in [0.15, 0.2) is 23.0 Å². The van der Waals surface area contributed by atoms with Gasteiger partial charge >= 0.3 is 11.9 Å². The molecule has 11 heteroatoms. The minimum absolute atomic E-state index is 0.153. The summed E-state index contributed by atoms with van der Waals surface area (Å²) in [6, 6.07) is 18.6. The van der Waals surface area contributed by atoms with Crippen molar-refractivity contribution in [1.29, 1.82) is 0 Å². The lowest BCUT2D eigenvalue weighted by atomic mass is 9.86. The lowest BCUT2D eigenvalue weighted by Gasteiger charge is -2.46. The zero-order valence-electron chi connectivity index (χ0n) is 32.4. The van der Waals surface area contributed by atoms with Crippen molar-refractivity contribution in [2.75, 3.05) is 89.0 Å². The molecule has 0 N–H and O–H groups in total. The maximum absolute atomic E-state index is 12.6. The molecule has 3 aromatic carbocycles. The summed E-state index contributed by atoms with van der Waals surface area (Å²) in [6.45, 7) is 5.01. The van der Waals surface area contributed by atoms with Gasteiger partial charge in [-0.2, -0.15) is 0 Å². The fourth-order valence-electron chi connectivity index (χ4n) is 7.94. The van der Waals surface area contributed by atoms with Crippen LogP contribution in [0.1, 0.15) is 41.1 Å². The highest BCUT2D eigenvalue weighted by atomic mass is 16.5. The summed E-state index contributed by atoms with van der Waals surface area (Å²) < 4.78 is 40.2. The van der Waals surface area contributed by atoms with Crippen LogP contribution in [0.4, 0.5) is 0 Å². The number of rotatable bonds is 17. The lowest BCUT2D eigenvalue weighted by molar-refractivity contribution is -0.941. The van der Waals surface area contributed by atoms with E-state index in [0.717, 1.165) is 90.2 Å².